The molecule has 0 fully saturated rings. The molecule has 5 rings (SSSR count). The number of anilines is 1. The van der Waals surface area contributed by atoms with E-state index in [1.54, 1.807) is 30.2 Å². The van der Waals surface area contributed by atoms with Gasteiger partial charge < -0.3 is 24.4 Å². The summed E-state index contributed by atoms with van der Waals surface area (Å²) in [4.78, 5) is 19.6. The lowest BCUT2D eigenvalue weighted by Gasteiger charge is -2.35. The zero-order valence-corrected chi connectivity index (χ0v) is 20.9. The summed E-state index contributed by atoms with van der Waals surface area (Å²) in [6.07, 6.45) is 0. The highest BCUT2D eigenvalue weighted by Crippen LogP contribution is 2.41. The summed E-state index contributed by atoms with van der Waals surface area (Å²) >= 11 is 0. The van der Waals surface area contributed by atoms with E-state index in [0.717, 1.165) is 11.1 Å². The van der Waals surface area contributed by atoms with Crippen LogP contribution in [0.1, 0.15) is 30.0 Å². The Balaban J connectivity index is 1.63. The number of aromatic hydroxyl groups is 1. The third-order valence-electron chi connectivity index (χ3n) is 6.32. The molecule has 1 aliphatic rings. The number of nitrogens with zero attached hydrogens (tertiary/aromatic N) is 3. The van der Waals surface area contributed by atoms with E-state index in [1.807, 2.05) is 62.4 Å². The number of methoxy groups -OCH3 is 2. The van der Waals surface area contributed by atoms with Crippen molar-refractivity contribution in [1.82, 2.24) is 15.5 Å². The van der Waals surface area contributed by atoms with Crippen molar-refractivity contribution >= 4 is 17.3 Å². The average Bonchev–Trinajstić information content (AvgIpc) is 3.39. The normalized spacial score (nSPS) is 15.5. The molecule has 188 valence electrons. The smallest absolute Gasteiger partial charge is 0.326 e. The first-order valence-corrected chi connectivity index (χ1v) is 11.6. The molecule has 0 radical (unpaired) electrons. The number of carbonyl (C=O) groups is 1. The lowest BCUT2D eigenvalue weighted by Crippen LogP contribution is -2.46. The lowest BCUT2D eigenvalue weighted by molar-refractivity contribution is 0.244. The van der Waals surface area contributed by atoms with Crippen LogP contribution in [0.2, 0.25) is 0 Å². The maximum Gasteiger partial charge on any atom is 0.326 e. The van der Waals surface area contributed by atoms with Gasteiger partial charge in [-0.2, -0.15) is 4.98 Å². The lowest BCUT2D eigenvalue weighted by atomic mass is 9.94. The first kappa shape index (κ1) is 23.9. The van der Waals surface area contributed by atoms with Gasteiger partial charge in [-0.3, -0.25) is 4.90 Å². The van der Waals surface area contributed by atoms with Crippen LogP contribution in [-0.4, -0.2) is 35.5 Å². The highest BCUT2D eigenvalue weighted by molar-refractivity contribution is 6.01. The van der Waals surface area contributed by atoms with Gasteiger partial charge in [-0.15, -0.1) is 0 Å². The molecule has 4 aromatic rings. The highest BCUT2D eigenvalue weighted by atomic mass is 16.5. The van der Waals surface area contributed by atoms with Crippen LogP contribution >= 0.6 is 0 Å². The first-order chi connectivity index (χ1) is 17.9. The number of nitrogens with one attached hydrogen (secondary N) is 1. The number of hydrogen-bond donors (Lipinski definition) is 2. The standard InChI is InChI=1S/C28H26N4O5/c1-16-5-10-20(11-6-16)32-17(2)24(25(29-28(32)34)19-9-14-23(36-4)22(33)15-19)27-30-26(31-37-27)18-7-12-21(35-3)13-8-18/h5-15,25,33H,1-4H3,(H,29,34). The molecule has 1 unspecified atom stereocenters. The predicted molar refractivity (Wildman–Crippen MR) is 138 cm³/mol. The number of rotatable bonds is 6. The van der Waals surface area contributed by atoms with Crippen molar-refractivity contribution in [3.8, 4) is 28.6 Å². The number of allylic oxidation sites excluding steroid dienone is 1. The second-order valence-corrected chi connectivity index (χ2v) is 8.64. The third-order valence-corrected chi connectivity index (χ3v) is 6.32. The molecule has 37 heavy (non-hydrogen) atoms. The summed E-state index contributed by atoms with van der Waals surface area (Å²) in [5.74, 6) is 1.65. The molecule has 1 aliphatic heterocycles. The molecule has 3 aromatic carbocycles. The minimum Gasteiger partial charge on any atom is -0.504 e. The van der Waals surface area contributed by atoms with E-state index in [0.29, 0.717) is 39.8 Å². The van der Waals surface area contributed by atoms with Crippen LogP contribution in [0.4, 0.5) is 10.5 Å². The molecule has 1 atom stereocenters. The van der Waals surface area contributed by atoms with Gasteiger partial charge >= 0.3 is 6.03 Å². The van der Waals surface area contributed by atoms with Crippen molar-refractivity contribution in [1.29, 1.82) is 0 Å². The number of phenolic OH excluding ortho intramolecular Hbond substituents is 1. The number of hydrogen-bond acceptors (Lipinski definition) is 7. The van der Waals surface area contributed by atoms with Crippen molar-refractivity contribution in [3.63, 3.8) is 0 Å². The molecule has 0 saturated carbocycles. The topological polar surface area (TPSA) is 110 Å². The van der Waals surface area contributed by atoms with Gasteiger partial charge in [-0.1, -0.05) is 28.9 Å². The molecule has 2 N–H and O–H groups in total. The van der Waals surface area contributed by atoms with Gasteiger partial charge in [0.25, 0.3) is 5.89 Å². The molecule has 0 saturated heterocycles. The molecular formula is C28H26N4O5. The number of ether oxygens (including phenoxy) is 2. The van der Waals surface area contributed by atoms with Crippen LogP contribution in [0.3, 0.4) is 0 Å². The predicted octanol–water partition coefficient (Wildman–Crippen LogP) is 5.47. The van der Waals surface area contributed by atoms with Gasteiger partial charge in [0.2, 0.25) is 5.82 Å². The van der Waals surface area contributed by atoms with Crippen LogP contribution in [0.5, 0.6) is 17.2 Å². The Morgan fingerprint density at radius 3 is 2.35 bits per heavy atom. The van der Waals surface area contributed by atoms with E-state index >= 15 is 0 Å². The Bertz CT molecular complexity index is 1480. The summed E-state index contributed by atoms with van der Waals surface area (Å²) in [5, 5.41) is 17.7. The average molecular weight is 499 g/mol. The summed E-state index contributed by atoms with van der Waals surface area (Å²) < 4.78 is 16.2. The number of aryl methyl sites for hydroxylation is 1. The van der Waals surface area contributed by atoms with Gasteiger partial charge in [0.15, 0.2) is 11.5 Å². The molecule has 0 bridgehead atoms. The Morgan fingerprint density at radius 2 is 1.70 bits per heavy atom. The molecule has 2 amide bonds. The zero-order valence-electron chi connectivity index (χ0n) is 20.9. The Labute approximate surface area is 214 Å². The summed E-state index contributed by atoms with van der Waals surface area (Å²) in [6, 6.07) is 19.0. The van der Waals surface area contributed by atoms with Crippen molar-refractivity contribution in [3.05, 3.63) is 89.4 Å². The molecule has 1 aromatic heterocycles. The van der Waals surface area contributed by atoms with E-state index < -0.39 is 6.04 Å². The van der Waals surface area contributed by atoms with Crippen molar-refractivity contribution < 1.29 is 23.9 Å². The number of urea groups is 1. The molecule has 9 nitrogen and oxygen atoms in total. The second-order valence-electron chi connectivity index (χ2n) is 8.64. The minimum atomic E-state index is -0.657. The zero-order chi connectivity index (χ0) is 26.1. The maximum atomic E-state index is 13.4. The van der Waals surface area contributed by atoms with Crippen LogP contribution < -0.4 is 19.7 Å². The van der Waals surface area contributed by atoms with E-state index in [1.165, 1.54) is 7.11 Å². The van der Waals surface area contributed by atoms with Crippen LogP contribution in [0, 0.1) is 6.92 Å². The molecular weight excluding hydrogens is 472 g/mol. The summed E-state index contributed by atoms with van der Waals surface area (Å²) in [7, 11) is 3.08. The summed E-state index contributed by atoms with van der Waals surface area (Å²) in [6.45, 7) is 3.82. The highest BCUT2D eigenvalue weighted by Gasteiger charge is 2.36. The van der Waals surface area contributed by atoms with Crippen LogP contribution in [0.15, 0.2) is 77.0 Å². The Kier molecular flexibility index (Phi) is 6.27. The fourth-order valence-corrected chi connectivity index (χ4v) is 4.35. The monoisotopic (exact) mass is 498 g/mol. The Morgan fingerprint density at radius 1 is 0.973 bits per heavy atom. The van der Waals surface area contributed by atoms with E-state index in [4.69, 9.17) is 14.0 Å². The van der Waals surface area contributed by atoms with Crippen molar-refractivity contribution in [2.45, 2.75) is 19.9 Å². The van der Waals surface area contributed by atoms with Gasteiger partial charge in [0.05, 0.1) is 31.5 Å². The fraction of sp³-hybridized carbons (Fsp3) is 0.179. The molecule has 9 heteroatoms. The van der Waals surface area contributed by atoms with Crippen molar-refractivity contribution in [2.24, 2.45) is 0 Å². The van der Waals surface area contributed by atoms with E-state index in [9.17, 15) is 9.90 Å². The molecule has 0 aliphatic carbocycles. The van der Waals surface area contributed by atoms with Gasteiger partial charge in [-0.25, -0.2) is 4.79 Å². The molecule has 2 heterocycles. The number of phenols is 1. The van der Waals surface area contributed by atoms with Crippen LogP contribution in [0.25, 0.3) is 17.0 Å². The van der Waals surface area contributed by atoms with Crippen molar-refractivity contribution in [2.75, 3.05) is 19.1 Å². The van der Waals surface area contributed by atoms with Crippen LogP contribution in [-0.2, 0) is 0 Å². The van der Waals surface area contributed by atoms with Gasteiger partial charge in [0, 0.05) is 11.3 Å². The van der Waals surface area contributed by atoms with Gasteiger partial charge in [-0.05, 0) is 67.9 Å². The largest absolute Gasteiger partial charge is 0.504 e. The SMILES string of the molecule is COc1ccc(-c2noc(C3=C(C)N(c4ccc(C)cc4)C(=O)NC3c3ccc(OC)c(O)c3)n2)cc1. The second kappa shape index (κ2) is 9.69. The maximum absolute atomic E-state index is 13.4. The first-order valence-electron chi connectivity index (χ1n) is 11.6. The number of amides is 2. The third kappa shape index (κ3) is 4.47. The Hall–Kier alpha value is -4.79. The number of aromatic nitrogens is 2. The quantitative estimate of drug-likeness (QED) is 0.363. The van der Waals surface area contributed by atoms with Gasteiger partial charge in [0.1, 0.15) is 5.75 Å². The number of benzene rings is 3. The fourth-order valence-electron chi connectivity index (χ4n) is 4.35. The number of carbonyl (C=O) groups excluding carboxylic acids is 1. The molecule has 0 spiro atoms. The van der Waals surface area contributed by atoms with E-state index in [-0.39, 0.29) is 17.7 Å². The summed E-state index contributed by atoms with van der Waals surface area (Å²) in [5.41, 5.74) is 4.39. The van der Waals surface area contributed by atoms with E-state index in [2.05, 4.69) is 15.5 Å². The minimum absolute atomic E-state index is 0.0448.